The van der Waals surface area contributed by atoms with Crippen LogP contribution in [-0.4, -0.2) is 60.7 Å². The van der Waals surface area contributed by atoms with E-state index in [-0.39, 0.29) is 44.7 Å². The van der Waals surface area contributed by atoms with Crippen molar-refractivity contribution in [3.8, 4) is 0 Å². The summed E-state index contributed by atoms with van der Waals surface area (Å²) in [6, 6.07) is 4.25. The Morgan fingerprint density at radius 3 is 2.24 bits per heavy atom. The van der Waals surface area contributed by atoms with Gasteiger partial charge in [-0.05, 0) is 37.7 Å². The number of fused-ring (bicyclic) bond motifs is 1. The second-order valence-corrected chi connectivity index (χ2v) is 6.33. The van der Waals surface area contributed by atoms with Crippen LogP contribution in [0.25, 0.3) is 5.32 Å². The van der Waals surface area contributed by atoms with Crippen LogP contribution < -0.4 is 10.2 Å². The van der Waals surface area contributed by atoms with Crippen LogP contribution in [0.5, 0.6) is 0 Å². The number of piperidine rings is 1. The van der Waals surface area contributed by atoms with Crippen LogP contribution in [0.2, 0.25) is 0 Å². The summed E-state index contributed by atoms with van der Waals surface area (Å²) in [5, 5.41) is 6.49. The summed E-state index contributed by atoms with van der Waals surface area (Å²) in [4.78, 5) is 51.9. The number of nitrogens with one attached hydrogen (secondary N) is 1. The Balaban J connectivity index is 0.00000102. The van der Waals surface area contributed by atoms with Crippen LogP contribution in [0.15, 0.2) is 18.2 Å². The van der Waals surface area contributed by atoms with E-state index in [4.69, 9.17) is 0 Å². The van der Waals surface area contributed by atoms with E-state index in [1.54, 1.807) is 12.1 Å². The van der Waals surface area contributed by atoms with Crippen molar-refractivity contribution in [1.82, 2.24) is 10.2 Å². The van der Waals surface area contributed by atoms with Crippen molar-refractivity contribution >= 4 is 29.3 Å². The number of nitrogens with zero attached hydrogens (tertiary/aromatic N) is 3. The number of hydrogen-bond donors (Lipinski definition) is 1. The van der Waals surface area contributed by atoms with E-state index in [9.17, 15) is 19.2 Å². The minimum absolute atomic E-state index is 0. The molecule has 2 fully saturated rings. The summed E-state index contributed by atoms with van der Waals surface area (Å²) in [5.74, 6) is -1.92. The Bertz CT molecular complexity index is 793. The molecular formula is C20H27N4O4V-. The molecule has 1 radical (unpaired) electrons. The van der Waals surface area contributed by atoms with Crippen molar-refractivity contribution < 1.29 is 37.7 Å². The molecule has 1 atom stereocenters. The Hall–Kier alpha value is -2.16. The first-order valence-electron chi connectivity index (χ1n) is 9.30. The van der Waals surface area contributed by atoms with Gasteiger partial charge in [-0.1, -0.05) is 21.3 Å². The molecule has 0 aliphatic carbocycles. The molecule has 1 N–H and O–H groups in total. The van der Waals surface area contributed by atoms with Gasteiger partial charge in [0, 0.05) is 30.7 Å². The molecule has 1 aromatic rings. The molecule has 8 nitrogen and oxygen atoms in total. The fraction of sp³-hybridized carbons (Fsp3) is 0.500. The third-order valence-electron chi connectivity index (χ3n) is 4.84. The zero-order valence-electron chi connectivity index (χ0n) is 16.0. The van der Waals surface area contributed by atoms with Gasteiger partial charge >= 0.3 is 0 Å². The molecule has 4 rings (SSSR count). The number of piperazine rings is 1. The standard InChI is InChI=1S/C17H17N4O4.C2H6.CH4.V/c22-14-4-3-13(15(23)19-14)21-16(24)11-2-1-10(9-12(11)17(21)25)20-7-5-18-6-8-20;1-2;;/h1-2,9,13H,3-8H2,(H,19,22,23);1-2H3;1H4;/q-1;;;. The van der Waals surface area contributed by atoms with Gasteiger partial charge in [0.1, 0.15) is 6.04 Å². The van der Waals surface area contributed by atoms with E-state index >= 15 is 0 Å². The maximum Gasteiger partial charge on any atom is 0.262 e. The molecule has 1 aromatic carbocycles. The quantitative estimate of drug-likeness (QED) is 0.712. The van der Waals surface area contributed by atoms with Crippen LogP contribution in [-0.2, 0) is 28.1 Å². The van der Waals surface area contributed by atoms with E-state index in [2.05, 4.69) is 15.5 Å². The molecule has 157 valence electrons. The monoisotopic (exact) mass is 438 g/mol. The van der Waals surface area contributed by atoms with Crippen molar-refractivity contribution in [2.45, 2.75) is 40.2 Å². The van der Waals surface area contributed by atoms with Gasteiger partial charge in [-0.3, -0.25) is 29.4 Å². The Labute approximate surface area is 183 Å². The number of carbonyl (C=O) groups excluding carboxylic acids is 4. The van der Waals surface area contributed by atoms with E-state index in [0.717, 1.165) is 36.8 Å². The number of rotatable bonds is 2. The van der Waals surface area contributed by atoms with Gasteiger partial charge in [-0.2, -0.15) is 0 Å². The first-order chi connectivity index (χ1) is 13.1. The smallest absolute Gasteiger partial charge is 0.262 e. The van der Waals surface area contributed by atoms with E-state index < -0.39 is 23.8 Å². The summed E-state index contributed by atoms with van der Waals surface area (Å²) in [7, 11) is 0. The molecule has 0 bridgehead atoms. The van der Waals surface area contributed by atoms with E-state index in [0.29, 0.717) is 11.1 Å². The Kier molecular flexibility index (Phi) is 9.07. The first kappa shape index (κ1) is 24.9. The van der Waals surface area contributed by atoms with Crippen LogP contribution in [0.1, 0.15) is 54.8 Å². The van der Waals surface area contributed by atoms with Crippen LogP contribution in [0.3, 0.4) is 0 Å². The summed E-state index contributed by atoms with van der Waals surface area (Å²) in [5.41, 5.74) is 1.50. The van der Waals surface area contributed by atoms with Crippen LogP contribution >= 0.6 is 0 Å². The molecule has 3 aliphatic rings. The topological polar surface area (TPSA) is 101 Å². The van der Waals surface area contributed by atoms with Crippen molar-refractivity contribution in [3.63, 3.8) is 0 Å². The third kappa shape index (κ3) is 4.71. The maximum atomic E-state index is 12.8. The van der Waals surface area contributed by atoms with Crippen LogP contribution in [0.4, 0.5) is 5.69 Å². The summed E-state index contributed by atoms with van der Waals surface area (Å²) < 4.78 is 0. The summed E-state index contributed by atoms with van der Waals surface area (Å²) >= 11 is 0. The zero-order valence-corrected chi connectivity index (χ0v) is 17.4. The molecule has 2 saturated heterocycles. The predicted octanol–water partition coefficient (Wildman–Crippen LogP) is 1.94. The Morgan fingerprint density at radius 2 is 1.62 bits per heavy atom. The molecule has 0 saturated carbocycles. The molecule has 1 unspecified atom stereocenters. The van der Waals surface area contributed by atoms with E-state index in [1.807, 2.05) is 19.9 Å². The van der Waals surface area contributed by atoms with Crippen molar-refractivity contribution in [1.29, 1.82) is 0 Å². The minimum atomic E-state index is -0.928. The SMILES string of the molecule is C.CC.O=C1CCC(N2C(=O)c3ccc(N4CC[N-]CC4)cc3C2=O)C(=O)N1.[V]. The summed E-state index contributed by atoms with van der Waals surface area (Å²) in [6.45, 7) is 7.04. The fourth-order valence-corrected chi connectivity index (χ4v) is 3.52. The van der Waals surface area contributed by atoms with Crippen molar-refractivity contribution in [2.75, 3.05) is 31.1 Å². The minimum Gasteiger partial charge on any atom is -0.659 e. The third-order valence-corrected chi connectivity index (χ3v) is 4.84. The number of imide groups is 2. The maximum absolute atomic E-state index is 12.8. The molecule has 29 heavy (non-hydrogen) atoms. The molecular weight excluding hydrogens is 411 g/mol. The van der Waals surface area contributed by atoms with E-state index in [1.165, 1.54) is 0 Å². The molecule has 9 heteroatoms. The van der Waals surface area contributed by atoms with Crippen molar-refractivity contribution in [3.05, 3.63) is 34.6 Å². The van der Waals surface area contributed by atoms with Gasteiger partial charge in [-0.15, -0.1) is 13.1 Å². The normalized spacial score (nSPS) is 20.7. The van der Waals surface area contributed by atoms with Gasteiger partial charge in [0.15, 0.2) is 0 Å². The molecule has 0 aromatic heterocycles. The average molecular weight is 438 g/mol. The first-order valence-corrected chi connectivity index (χ1v) is 9.30. The van der Waals surface area contributed by atoms with Crippen LogP contribution in [0, 0.1) is 0 Å². The molecule has 0 spiro atoms. The van der Waals surface area contributed by atoms with Gasteiger partial charge in [-0.25, -0.2) is 0 Å². The number of amides is 4. The number of carbonyl (C=O) groups is 4. The predicted molar refractivity (Wildman–Crippen MR) is 106 cm³/mol. The van der Waals surface area contributed by atoms with Gasteiger partial charge < -0.3 is 10.2 Å². The fourth-order valence-electron chi connectivity index (χ4n) is 3.52. The number of anilines is 1. The largest absolute Gasteiger partial charge is 0.659 e. The van der Waals surface area contributed by atoms with Gasteiger partial charge in [0.2, 0.25) is 11.8 Å². The zero-order chi connectivity index (χ0) is 19.6. The van der Waals surface area contributed by atoms with Gasteiger partial charge in [0.25, 0.3) is 11.8 Å². The van der Waals surface area contributed by atoms with Gasteiger partial charge in [0.05, 0.1) is 11.1 Å². The average Bonchev–Trinajstić information content (AvgIpc) is 2.95. The Morgan fingerprint density at radius 1 is 1.00 bits per heavy atom. The van der Waals surface area contributed by atoms with Crippen molar-refractivity contribution in [2.24, 2.45) is 0 Å². The second kappa shape index (κ2) is 10.6. The number of hydrogen-bond acceptors (Lipinski definition) is 5. The molecule has 3 aliphatic heterocycles. The molecule has 4 amide bonds. The number of benzene rings is 1. The second-order valence-electron chi connectivity index (χ2n) is 6.33. The molecule has 3 heterocycles. The summed E-state index contributed by atoms with van der Waals surface area (Å²) in [6.07, 6.45) is 0.281.